The molecule has 2 bridgehead atoms. The summed E-state index contributed by atoms with van der Waals surface area (Å²) in [4.78, 5) is 12.5. The zero-order valence-corrected chi connectivity index (χ0v) is 13.1. The first-order chi connectivity index (χ1) is 10.6. The second-order valence-corrected chi connectivity index (χ2v) is 7.01. The third kappa shape index (κ3) is 3.50. The fraction of sp³-hybridized carbons (Fsp3) is 0.611. The standard InChI is InChI=1S/C18H27N3O/c19-15-10-13-7-4-8-14(11-15)17(13)21-18(22)16(20)9-12-5-2-1-3-6-12/h1-3,5-6,13-17H,4,7-11,19-20H2,(H,21,22). The van der Waals surface area contributed by atoms with Crippen LogP contribution in [0.15, 0.2) is 30.3 Å². The molecule has 0 saturated heterocycles. The maximum Gasteiger partial charge on any atom is 0.237 e. The van der Waals surface area contributed by atoms with E-state index in [2.05, 4.69) is 5.32 Å². The van der Waals surface area contributed by atoms with Gasteiger partial charge in [-0.05, 0) is 49.5 Å². The van der Waals surface area contributed by atoms with Gasteiger partial charge in [0.05, 0.1) is 6.04 Å². The maximum absolute atomic E-state index is 12.5. The van der Waals surface area contributed by atoms with E-state index in [1.165, 1.54) is 19.3 Å². The van der Waals surface area contributed by atoms with E-state index in [1.54, 1.807) is 0 Å². The maximum atomic E-state index is 12.5. The molecule has 4 nitrogen and oxygen atoms in total. The van der Waals surface area contributed by atoms with Crippen LogP contribution in [0.2, 0.25) is 0 Å². The van der Waals surface area contributed by atoms with E-state index in [0.717, 1.165) is 18.4 Å². The molecular weight excluding hydrogens is 274 g/mol. The smallest absolute Gasteiger partial charge is 0.237 e. The number of carbonyl (C=O) groups excluding carboxylic acids is 1. The lowest BCUT2D eigenvalue weighted by Gasteiger charge is -2.45. The lowest BCUT2D eigenvalue weighted by atomic mass is 9.67. The molecule has 2 saturated carbocycles. The number of nitrogens with two attached hydrogens (primary N) is 2. The van der Waals surface area contributed by atoms with Crippen molar-refractivity contribution < 1.29 is 4.79 Å². The average Bonchev–Trinajstić information content (AvgIpc) is 2.49. The zero-order chi connectivity index (χ0) is 15.5. The highest BCUT2D eigenvalue weighted by Gasteiger charge is 2.40. The predicted octanol–water partition coefficient (Wildman–Crippen LogP) is 1.58. The Morgan fingerprint density at radius 1 is 1.18 bits per heavy atom. The van der Waals surface area contributed by atoms with E-state index < -0.39 is 6.04 Å². The van der Waals surface area contributed by atoms with Crippen molar-refractivity contribution in [3.63, 3.8) is 0 Å². The highest BCUT2D eigenvalue weighted by atomic mass is 16.2. The molecule has 1 aromatic rings. The van der Waals surface area contributed by atoms with Gasteiger partial charge in [-0.2, -0.15) is 0 Å². The van der Waals surface area contributed by atoms with E-state index in [-0.39, 0.29) is 11.9 Å². The molecule has 1 aromatic carbocycles. The quantitative estimate of drug-likeness (QED) is 0.790. The van der Waals surface area contributed by atoms with Crippen molar-refractivity contribution in [3.05, 3.63) is 35.9 Å². The van der Waals surface area contributed by atoms with Gasteiger partial charge < -0.3 is 16.8 Å². The summed E-state index contributed by atoms with van der Waals surface area (Å²) < 4.78 is 0. The van der Waals surface area contributed by atoms with Crippen molar-refractivity contribution >= 4 is 5.91 Å². The molecule has 0 aliphatic heterocycles. The van der Waals surface area contributed by atoms with E-state index >= 15 is 0 Å². The fourth-order valence-electron chi connectivity index (χ4n) is 4.26. The minimum atomic E-state index is -0.473. The third-order valence-corrected chi connectivity index (χ3v) is 5.32. The van der Waals surface area contributed by atoms with Crippen LogP contribution in [-0.4, -0.2) is 24.0 Å². The number of fused-ring (bicyclic) bond motifs is 2. The van der Waals surface area contributed by atoms with E-state index in [9.17, 15) is 4.79 Å². The Labute approximate surface area is 132 Å². The Morgan fingerprint density at radius 3 is 2.45 bits per heavy atom. The van der Waals surface area contributed by atoms with Gasteiger partial charge in [0.25, 0.3) is 0 Å². The van der Waals surface area contributed by atoms with Crippen molar-refractivity contribution in [1.29, 1.82) is 0 Å². The van der Waals surface area contributed by atoms with Crippen molar-refractivity contribution in [2.24, 2.45) is 23.3 Å². The lowest BCUT2D eigenvalue weighted by molar-refractivity contribution is -0.124. The molecule has 3 atom stereocenters. The summed E-state index contributed by atoms with van der Waals surface area (Å²) in [6.07, 6.45) is 6.30. The Balaban J connectivity index is 1.59. The van der Waals surface area contributed by atoms with Gasteiger partial charge in [-0.25, -0.2) is 0 Å². The van der Waals surface area contributed by atoms with E-state index in [4.69, 9.17) is 11.5 Å². The summed E-state index contributed by atoms with van der Waals surface area (Å²) in [5.74, 6) is 1.06. The molecule has 2 aliphatic carbocycles. The first-order valence-electron chi connectivity index (χ1n) is 8.49. The lowest BCUT2D eigenvalue weighted by Crippen LogP contribution is -2.56. The Hall–Kier alpha value is -1.39. The van der Waals surface area contributed by atoms with Gasteiger partial charge in [0.2, 0.25) is 5.91 Å². The SMILES string of the molecule is NC1CC2CCCC(C1)C2NC(=O)C(N)Cc1ccccc1. The molecule has 3 unspecified atom stereocenters. The molecule has 0 aromatic heterocycles. The molecule has 0 heterocycles. The van der Waals surface area contributed by atoms with Gasteiger partial charge in [-0.1, -0.05) is 36.8 Å². The molecule has 1 amide bonds. The third-order valence-electron chi connectivity index (χ3n) is 5.32. The highest BCUT2D eigenvalue weighted by molar-refractivity contribution is 5.82. The van der Waals surface area contributed by atoms with Crippen LogP contribution in [0.25, 0.3) is 0 Å². The number of nitrogens with one attached hydrogen (secondary N) is 1. The predicted molar refractivity (Wildman–Crippen MR) is 88.1 cm³/mol. The van der Waals surface area contributed by atoms with Crippen LogP contribution < -0.4 is 16.8 Å². The monoisotopic (exact) mass is 301 g/mol. The zero-order valence-electron chi connectivity index (χ0n) is 13.1. The van der Waals surface area contributed by atoms with Crippen LogP contribution in [-0.2, 0) is 11.2 Å². The molecule has 2 aliphatic rings. The van der Waals surface area contributed by atoms with Crippen LogP contribution in [0.5, 0.6) is 0 Å². The average molecular weight is 301 g/mol. The van der Waals surface area contributed by atoms with Crippen molar-refractivity contribution in [2.75, 3.05) is 0 Å². The van der Waals surface area contributed by atoms with E-state index in [0.29, 0.717) is 24.3 Å². The van der Waals surface area contributed by atoms with Crippen molar-refractivity contribution in [2.45, 2.75) is 56.7 Å². The minimum absolute atomic E-state index is 0.0128. The van der Waals surface area contributed by atoms with Crippen LogP contribution in [0, 0.1) is 11.8 Å². The van der Waals surface area contributed by atoms with Crippen LogP contribution in [0.3, 0.4) is 0 Å². The number of hydrogen-bond acceptors (Lipinski definition) is 3. The Bertz CT molecular complexity index is 490. The number of benzene rings is 1. The Kier molecular flexibility index (Phi) is 4.79. The number of rotatable bonds is 4. The van der Waals surface area contributed by atoms with Gasteiger partial charge in [-0.3, -0.25) is 4.79 Å². The van der Waals surface area contributed by atoms with Gasteiger partial charge in [0.1, 0.15) is 0 Å². The molecule has 5 N–H and O–H groups in total. The van der Waals surface area contributed by atoms with Crippen molar-refractivity contribution in [3.8, 4) is 0 Å². The summed E-state index contributed by atoms with van der Waals surface area (Å²) in [6.45, 7) is 0. The fourth-order valence-corrected chi connectivity index (χ4v) is 4.26. The van der Waals surface area contributed by atoms with Crippen molar-refractivity contribution in [1.82, 2.24) is 5.32 Å². The number of hydrogen-bond donors (Lipinski definition) is 3. The summed E-state index contributed by atoms with van der Waals surface area (Å²) in [5.41, 5.74) is 13.4. The molecule has 3 rings (SSSR count). The van der Waals surface area contributed by atoms with Gasteiger partial charge in [-0.15, -0.1) is 0 Å². The van der Waals surface area contributed by atoms with Gasteiger partial charge in [0, 0.05) is 12.1 Å². The summed E-state index contributed by atoms with van der Waals surface area (Å²) in [5, 5.41) is 3.24. The van der Waals surface area contributed by atoms with Gasteiger partial charge in [0.15, 0.2) is 0 Å². The highest BCUT2D eigenvalue weighted by Crippen LogP contribution is 2.39. The summed E-state index contributed by atoms with van der Waals surface area (Å²) in [7, 11) is 0. The molecular formula is C18H27N3O. The largest absolute Gasteiger partial charge is 0.351 e. The first kappa shape index (κ1) is 15.5. The first-order valence-corrected chi connectivity index (χ1v) is 8.49. The molecule has 120 valence electrons. The molecule has 22 heavy (non-hydrogen) atoms. The molecule has 0 spiro atoms. The van der Waals surface area contributed by atoms with Crippen LogP contribution >= 0.6 is 0 Å². The number of amides is 1. The minimum Gasteiger partial charge on any atom is -0.351 e. The van der Waals surface area contributed by atoms with E-state index in [1.807, 2.05) is 30.3 Å². The molecule has 0 radical (unpaired) electrons. The Morgan fingerprint density at radius 2 is 1.82 bits per heavy atom. The molecule has 2 fully saturated rings. The second kappa shape index (κ2) is 6.80. The topological polar surface area (TPSA) is 81.1 Å². The molecule has 4 heteroatoms. The second-order valence-electron chi connectivity index (χ2n) is 7.01. The summed E-state index contributed by atoms with van der Waals surface area (Å²) >= 11 is 0. The van der Waals surface area contributed by atoms with Crippen LogP contribution in [0.1, 0.15) is 37.7 Å². The summed E-state index contributed by atoms with van der Waals surface area (Å²) in [6, 6.07) is 10.1. The number of carbonyl (C=O) groups is 1. The van der Waals surface area contributed by atoms with Gasteiger partial charge >= 0.3 is 0 Å². The van der Waals surface area contributed by atoms with Crippen LogP contribution in [0.4, 0.5) is 0 Å². The normalized spacial score (nSPS) is 32.3.